The van der Waals surface area contributed by atoms with Gasteiger partial charge in [-0.1, -0.05) is 48.6 Å². The van der Waals surface area contributed by atoms with E-state index in [1.807, 2.05) is 42.2 Å². The normalized spacial score (nSPS) is 14.6. The summed E-state index contributed by atoms with van der Waals surface area (Å²) in [4.78, 5) is 21.0. The summed E-state index contributed by atoms with van der Waals surface area (Å²) in [5, 5.41) is 0. The van der Waals surface area contributed by atoms with Gasteiger partial charge in [-0.15, -0.1) is 0 Å². The van der Waals surface area contributed by atoms with Gasteiger partial charge in [-0.25, -0.2) is 4.79 Å². The Labute approximate surface area is 160 Å². The van der Waals surface area contributed by atoms with Crippen LogP contribution >= 0.6 is 0 Å². The lowest BCUT2D eigenvalue weighted by Crippen LogP contribution is -2.32. The van der Waals surface area contributed by atoms with Crippen molar-refractivity contribution in [3.05, 3.63) is 71.8 Å². The lowest BCUT2D eigenvalue weighted by atomic mass is 10.1. The molecule has 1 fully saturated rings. The molecule has 0 radical (unpaired) electrons. The van der Waals surface area contributed by atoms with Crippen molar-refractivity contribution in [3.63, 3.8) is 0 Å². The van der Waals surface area contributed by atoms with Crippen molar-refractivity contribution in [3.8, 4) is 5.88 Å². The van der Waals surface area contributed by atoms with Crippen LogP contribution in [-0.4, -0.2) is 36.1 Å². The van der Waals surface area contributed by atoms with Crippen LogP contribution in [0.25, 0.3) is 5.57 Å². The summed E-state index contributed by atoms with van der Waals surface area (Å²) < 4.78 is 5.45. The maximum atomic E-state index is 12.9. The predicted molar refractivity (Wildman–Crippen MR) is 109 cm³/mol. The monoisotopic (exact) mass is 363 g/mol. The molecule has 5 nitrogen and oxygen atoms in total. The van der Waals surface area contributed by atoms with Crippen molar-refractivity contribution in [1.29, 1.82) is 0 Å². The lowest BCUT2D eigenvalue weighted by Gasteiger charge is -2.19. The summed E-state index contributed by atoms with van der Waals surface area (Å²) in [7, 11) is 1.59. The van der Waals surface area contributed by atoms with Crippen molar-refractivity contribution in [2.24, 2.45) is 0 Å². The highest BCUT2D eigenvalue weighted by Gasteiger charge is 2.30. The van der Waals surface area contributed by atoms with Gasteiger partial charge in [-0.05, 0) is 37.1 Å². The highest BCUT2D eigenvalue weighted by Crippen LogP contribution is 2.29. The molecule has 0 N–H and O–H groups in total. The average molecular weight is 363 g/mol. The Bertz CT molecular complexity index is 889. The molecule has 0 spiro atoms. The number of pyridine rings is 1. The molecule has 0 atom stereocenters. The molecule has 1 aliphatic heterocycles. The zero-order valence-electron chi connectivity index (χ0n) is 16.1. The molecule has 0 saturated carbocycles. The molecule has 140 valence electrons. The molecule has 0 unspecified atom stereocenters. The van der Waals surface area contributed by atoms with Gasteiger partial charge in [0.2, 0.25) is 5.88 Å². The van der Waals surface area contributed by atoms with E-state index in [2.05, 4.69) is 30.6 Å². The van der Waals surface area contributed by atoms with E-state index in [1.54, 1.807) is 18.1 Å². The molecule has 1 saturated heterocycles. The van der Waals surface area contributed by atoms with Crippen LogP contribution in [0, 0.1) is 6.92 Å². The Morgan fingerprint density at radius 3 is 2.78 bits per heavy atom. The average Bonchev–Trinajstić information content (AvgIpc) is 3.03. The molecule has 0 bridgehead atoms. The van der Waals surface area contributed by atoms with Crippen molar-refractivity contribution < 1.29 is 9.53 Å². The minimum Gasteiger partial charge on any atom is -0.480 e. The van der Waals surface area contributed by atoms with Crippen LogP contribution in [0.4, 0.5) is 10.6 Å². The summed E-state index contributed by atoms with van der Waals surface area (Å²) >= 11 is 0. The largest absolute Gasteiger partial charge is 0.480 e. The zero-order chi connectivity index (χ0) is 19.4. The maximum Gasteiger partial charge on any atom is 0.326 e. The molecule has 2 heterocycles. The van der Waals surface area contributed by atoms with Crippen molar-refractivity contribution in [2.45, 2.75) is 20.4 Å². The lowest BCUT2D eigenvalue weighted by molar-refractivity contribution is 0.218. The summed E-state index contributed by atoms with van der Waals surface area (Å²) in [5.41, 5.74) is 4.14. The van der Waals surface area contributed by atoms with Gasteiger partial charge in [0, 0.05) is 25.2 Å². The summed E-state index contributed by atoms with van der Waals surface area (Å²) in [6, 6.07) is 12.0. The van der Waals surface area contributed by atoms with Gasteiger partial charge in [0.05, 0.1) is 7.11 Å². The number of urea groups is 1. The van der Waals surface area contributed by atoms with Crippen LogP contribution < -0.4 is 9.64 Å². The topological polar surface area (TPSA) is 45.7 Å². The number of aromatic nitrogens is 1. The first-order valence-electron chi connectivity index (χ1n) is 9.03. The number of carbonyl (C=O) groups excluding carboxylic acids is 1. The van der Waals surface area contributed by atoms with Gasteiger partial charge in [-0.2, -0.15) is 4.98 Å². The fourth-order valence-electron chi connectivity index (χ4n) is 3.31. The molecule has 1 aliphatic rings. The Morgan fingerprint density at radius 2 is 2.11 bits per heavy atom. The molecule has 1 aromatic heterocycles. The number of ether oxygens (including phenoxy) is 1. The van der Waals surface area contributed by atoms with Gasteiger partial charge in [-0.3, -0.25) is 4.90 Å². The van der Waals surface area contributed by atoms with Crippen LogP contribution in [0.2, 0.25) is 0 Å². The quantitative estimate of drug-likeness (QED) is 0.713. The molecule has 5 heteroatoms. The van der Waals surface area contributed by atoms with E-state index in [-0.39, 0.29) is 6.03 Å². The fraction of sp³-hybridized carbons (Fsp3) is 0.273. The summed E-state index contributed by atoms with van der Waals surface area (Å²) in [5.74, 6) is 1.09. The number of allylic oxidation sites excluding steroid dienone is 3. The SMILES string of the molecule is C=C/C(=C\C)c1ccc(N2CCN(Cc3cccc(C)c3)C2=O)nc1OC. The van der Waals surface area contributed by atoms with Crippen molar-refractivity contribution in [1.82, 2.24) is 9.88 Å². The Kier molecular flexibility index (Phi) is 5.60. The van der Waals surface area contributed by atoms with Gasteiger partial charge < -0.3 is 9.64 Å². The molecular weight excluding hydrogens is 338 g/mol. The van der Waals surface area contributed by atoms with Gasteiger partial charge in [0.25, 0.3) is 0 Å². The van der Waals surface area contributed by atoms with E-state index in [1.165, 1.54) is 5.56 Å². The second-order valence-corrected chi connectivity index (χ2v) is 6.52. The number of nitrogens with zero attached hydrogens (tertiary/aromatic N) is 3. The van der Waals surface area contributed by atoms with E-state index in [0.29, 0.717) is 31.3 Å². The number of benzene rings is 1. The second-order valence-electron chi connectivity index (χ2n) is 6.52. The Balaban J connectivity index is 1.81. The van der Waals surface area contributed by atoms with E-state index >= 15 is 0 Å². The van der Waals surface area contributed by atoms with E-state index in [4.69, 9.17) is 4.74 Å². The zero-order valence-corrected chi connectivity index (χ0v) is 16.1. The van der Waals surface area contributed by atoms with Gasteiger partial charge in [0.1, 0.15) is 5.82 Å². The van der Waals surface area contributed by atoms with Crippen LogP contribution in [0.1, 0.15) is 23.6 Å². The number of amides is 2. The number of methoxy groups -OCH3 is 1. The molecule has 1 aromatic carbocycles. The molecule has 3 rings (SSSR count). The maximum absolute atomic E-state index is 12.9. The Hall–Kier alpha value is -3.08. The van der Waals surface area contributed by atoms with E-state index in [0.717, 1.165) is 16.7 Å². The van der Waals surface area contributed by atoms with Gasteiger partial charge >= 0.3 is 6.03 Å². The molecular formula is C22H25N3O2. The number of hydrogen-bond donors (Lipinski definition) is 0. The third kappa shape index (κ3) is 3.87. The minimum absolute atomic E-state index is 0.0335. The van der Waals surface area contributed by atoms with E-state index < -0.39 is 0 Å². The van der Waals surface area contributed by atoms with Crippen LogP contribution in [-0.2, 0) is 6.54 Å². The fourth-order valence-corrected chi connectivity index (χ4v) is 3.31. The predicted octanol–water partition coefficient (Wildman–Crippen LogP) is 4.43. The van der Waals surface area contributed by atoms with Crippen LogP contribution in [0.5, 0.6) is 5.88 Å². The summed E-state index contributed by atoms with van der Waals surface area (Å²) in [6.45, 7) is 9.71. The number of rotatable bonds is 6. The Morgan fingerprint density at radius 1 is 1.30 bits per heavy atom. The first-order chi connectivity index (χ1) is 13.1. The van der Waals surface area contributed by atoms with Crippen LogP contribution in [0.3, 0.4) is 0 Å². The highest BCUT2D eigenvalue weighted by atomic mass is 16.5. The van der Waals surface area contributed by atoms with Crippen molar-refractivity contribution >= 4 is 17.4 Å². The van der Waals surface area contributed by atoms with E-state index in [9.17, 15) is 4.79 Å². The van der Waals surface area contributed by atoms with Crippen molar-refractivity contribution in [2.75, 3.05) is 25.1 Å². The molecule has 27 heavy (non-hydrogen) atoms. The summed E-state index contributed by atoms with van der Waals surface area (Å²) in [6.07, 6.45) is 3.72. The number of aryl methyl sites for hydroxylation is 1. The minimum atomic E-state index is -0.0335. The number of anilines is 1. The second kappa shape index (κ2) is 8.08. The first-order valence-corrected chi connectivity index (χ1v) is 9.03. The number of hydrogen-bond acceptors (Lipinski definition) is 3. The van der Waals surface area contributed by atoms with Crippen LogP contribution in [0.15, 0.2) is 55.1 Å². The smallest absolute Gasteiger partial charge is 0.326 e. The number of carbonyl (C=O) groups is 1. The third-order valence-electron chi connectivity index (χ3n) is 4.71. The van der Waals surface area contributed by atoms with Gasteiger partial charge in [0.15, 0.2) is 0 Å². The highest BCUT2D eigenvalue weighted by molar-refractivity contribution is 5.93. The molecule has 0 aliphatic carbocycles. The first kappa shape index (κ1) is 18.7. The standard InChI is InChI=1S/C22H25N3O2/c1-5-18(6-2)19-10-11-20(23-21(19)27-4)25-13-12-24(22(25)26)15-17-9-7-8-16(3)14-17/h5-11,14H,1,12-13,15H2,2-4H3/b18-6+. The molecule has 2 amide bonds. The third-order valence-corrected chi connectivity index (χ3v) is 4.71. The molecule has 2 aromatic rings.